The molecule has 0 bridgehead atoms. The Morgan fingerprint density at radius 3 is 2.78 bits per heavy atom. The second-order valence-electron chi connectivity index (χ2n) is 4.78. The van der Waals surface area contributed by atoms with E-state index in [0.717, 1.165) is 25.2 Å². The Labute approximate surface area is 107 Å². The number of piperazine rings is 1. The second kappa shape index (κ2) is 5.19. The Morgan fingerprint density at radius 1 is 1.39 bits per heavy atom. The minimum atomic E-state index is 0.174. The largest absolute Gasteiger partial charge is 0.343 e. The molecule has 0 unspecified atom stereocenters. The third kappa shape index (κ3) is 2.69. The van der Waals surface area contributed by atoms with Gasteiger partial charge in [-0.25, -0.2) is 0 Å². The van der Waals surface area contributed by atoms with Gasteiger partial charge < -0.3 is 4.90 Å². The molecule has 1 heterocycles. The minimum Gasteiger partial charge on any atom is -0.343 e. The molecule has 1 aliphatic rings. The van der Waals surface area contributed by atoms with E-state index in [1.165, 1.54) is 5.56 Å². The summed E-state index contributed by atoms with van der Waals surface area (Å²) in [6.07, 6.45) is 0. The summed E-state index contributed by atoms with van der Waals surface area (Å²) in [7, 11) is 1.84. The standard InChI is InChI=1S/C14H17N3O/c1-11-7-12(8-15)3-4-13(11)9-17-6-5-16(2)14(18)10-17/h3-4,7H,5-6,9-10H2,1-2H3. The number of likely N-dealkylation sites (N-methyl/N-ethyl adjacent to an activating group) is 1. The Hall–Kier alpha value is -1.86. The van der Waals surface area contributed by atoms with Gasteiger partial charge in [0.15, 0.2) is 0 Å². The molecule has 0 aliphatic carbocycles. The van der Waals surface area contributed by atoms with Crippen molar-refractivity contribution < 1.29 is 4.79 Å². The van der Waals surface area contributed by atoms with Gasteiger partial charge in [0.2, 0.25) is 5.91 Å². The first kappa shape index (κ1) is 12.6. The van der Waals surface area contributed by atoms with Gasteiger partial charge in [-0.15, -0.1) is 0 Å². The zero-order chi connectivity index (χ0) is 13.1. The number of hydrogen-bond donors (Lipinski definition) is 0. The molecule has 4 nitrogen and oxygen atoms in total. The Kier molecular flexibility index (Phi) is 3.63. The number of hydrogen-bond acceptors (Lipinski definition) is 3. The van der Waals surface area contributed by atoms with E-state index in [2.05, 4.69) is 11.0 Å². The lowest BCUT2D eigenvalue weighted by atomic mass is 10.0. The lowest BCUT2D eigenvalue weighted by Crippen LogP contribution is -2.48. The molecular formula is C14H17N3O. The maximum atomic E-state index is 11.6. The number of carbonyl (C=O) groups excluding carboxylic acids is 1. The fourth-order valence-electron chi connectivity index (χ4n) is 2.13. The Morgan fingerprint density at radius 2 is 2.17 bits per heavy atom. The molecule has 1 amide bonds. The molecule has 1 aromatic rings. The van der Waals surface area contributed by atoms with Crippen LogP contribution < -0.4 is 0 Å². The van der Waals surface area contributed by atoms with Crippen LogP contribution in [-0.4, -0.2) is 42.4 Å². The fraction of sp³-hybridized carbons (Fsp3) is 0.429. The molecular weight excluding hydrogens is 226 g/mol. The van der Waals surface area contributed by atoms with Gasteiger partial charge in [0.25, 0.3) is 0 Å². The van der Waals surface area contributed by atoms with E-state index in [9.17, 15) is 4.79 Å². The monoisotopic (exact) mass is 243 g/mol. The van der Waals surface area contributed by atoms with Crippen molar-refractivity contribution in [1.82, 2.24) is 9.80 Å². The zero-order valence-corrected chi connectivity index (χ0v) is 10.8. The predicted octanol–water partition coefficient (Wildman–Crippen LogP) is 1.14. The molecule has 1 aliphatic heterocycles. The highest BCUT2D eigenvalue weighted by molar-refractivity contribution is 5.78. The fourth-order valence-corrected chi connectivity index (χ4v) is 2.13. The van der Waals surface area contributed by atoms with Gasteiger partial charge in [-0.2, -0.15) is 5.26 Å². The Bertz CT molecular complexity index is 504. The van der Waals surface area contributed by atoms with Crippen molar-refractivity contribution in [1.29, 1.82) is 5.26 Å². The van der Waals surface area contributed by atoms with Gasteiger partial charge in [0.1, 0.15) is 0 Å². The normalized spacial score (nSPS) is 16.7. The van der Waals surface area contributed by atoms with Crippen molar-refractivity contribution in [2.75, 3.05) is 26.7 Å². The van der Waals surface area contributed by atoms with E-state index in [4.69, 9.17) is 5.26 Å². The molecule has 94 valence electrons. The summed E-state index contributed by atoms with van der Waals surface area (Å²) in [4.78, 5) is 15.5. The highest BCUT2D eigenvalue weighted by Crippen LogP contribution is 2.14. The molecule has 0 spiro atoms. The van der Waals surface area contributed by atoms with Gasteiger partial charge in [-0.05, 0) is 30.2 Å². The molecule has 0 aromatic heterocycles. The first-order valence-electron chi connectivity index (χ1n) is 6.06. The summed E-state index contributed by atoms with van der Waals surface area (Å²) < 4.78 is 0. The predicted molar refractivity (Wildman–Crippen MR) is 68.8 cm³/mol. The lowest BCUT2D eigenvalue weighted by Gasteiger charge is -2.32. The number of nitrogens with zero attached hydrogens (tertiary/aromatic N) is 3. The molecule has 0 saturated carbocycles. The molecule has 4 heteroatoms. The molecule has 1 fully saturated rings. The van der Waals surface area contributed by atoms with Crippen LogP contribution in [-0.2, 0) is 11.3 Å². The van der Waals surface area contributed by atoms with Crippen LogP contribution in [0.2, 0.25) is 0 Å². The van der Waals surface area contributed by atoms with Crippen molar-refractivity contribution >= 4 is 5.91 Å². The van der Waals surface area contributed by atoms with Crippen molar-refractivity contribution in [2.45, 2.75) is 13.5 Å². The average molecular weight is 243 g/mol. The summed E-state index contributed by atoms with van der Waals surface area (Å²) in [6, 6.07) is 7.85. The third-order valence-corrected chi connectivity index (χ3v) is 3.40. The van der Waals surface area contributed by atoms with Crippen LogP contribution in [0.3, 0.4) is 0 Å². The first-order valence-corrected chi connectivity index (χ1v) is 6.06. The molecule has 2 rings (SSSR count). The highest BCUT2D eigenvalue weighted by Gasteiger charge is 2.21. The van der Waals surface area contributed by atoms with Crippen molar-refractivity contribution in [3.63, 3.8) is 0 Å². The van der Waals surface area contributed by atoms with E-state index in [0.29, 0.717) is 12.1 Å². The molecule has 0 N–H and O–H groups in total. The van der Waals surface area contributed by atoms with E-state index in [1.54, 1.807) is 4.90 Å². The summed E-state index contributed by atoms with van der Waals surface area (Å²) in [6.45, 7) is 4.96. The summed E-state index contributed by atoms with van der Waals surface area (Å²) >= 11 is 0. The summed E-state index contributed by atoms with van der Waals surface area (Å²) in [5.41, 5.74) is 2.98. The van der Waals surface area contributed by atoms with Crippen LogP contribution >= 0.6 is 0 Å². The van der Waals surface area contributed by atoms with Gasteiger partial charge in [0.05, 0.1) is 18.2 Å². The average Bonchev–Trinajstić information content (AvgIpc) is 2.36. The van der Waals surface area contributed by atoms with E-state index < -0.39 is 0 Å². The van der Waals surface area contributed by atoms with Crippen LogP contribution in [0, 0.1) is 18.3 Å². The number of benzene rings is 1. The molecule has 1 aromatic carbocycles. The second-order valence-corrected chi connectivity index (χ2v) is 4.78. The van der Waals surface area contributed by atoms with Gasteiger partial charge in [0, 0.05) is 26.7 Å². The SMILES string of the molecule is Cc1cc(C#N)ccc1CN1CCN(C)C(=O)C1. The van der Waals surface area contributed by atoms with Crippen molar-refractivity contribution in [3.05, 3.63) is 34.9 Å². The van der Waals surface area contributed by atoms with Crippen LogP contribution in [0.4, 0.5) is 0 Å². The topological polar surface area (TPSA) is 47.3 Å². The van der Waals surface area contributed by atoms with E-state index in [1.807, 2.05) is 32.2 Å². The minimum absolute atomic E-state index is 0.174. The number of carbonyl (C=O) groups is 1. The summed E-state index contributed by atoms with van der Waals surface area (Å²) in [5.74, 6) is 0.174. The van der Waals surface area contributed by atoms with Crippen LogP contribution in [0.25, 0.3) is 0 Å². The molecule has 1 saturated heterocycles. The maximum absolute atomic E-state index is 11.6. The van der Waals surface area contributed by atoms with Crippen molar-refractivity contribution in [3.8, 4) is 6.07 Å². The van der Waals surface area contributed by atoms with Gasteiger partial charge in [-0.3, -0.25) is 9.69 Å². The first-order chi connectivity index (χ1) is 8.60. The smallest absolute Gasteiger partial charge is 0.236 e. The number of aryl methyl sites for hydroxylation is 1. The quantitative estimate of drug-likeness (QED) is 0.782. The van der Waals surface area contributed by atoms with Crippen LogP contribution in [0.5, 0.6) is 0 Å². The van der Waals surface area contributed by atoms with Crippen LogP contribution in [0.1, 0.15) is 16.7 Å². The zero-order valence-electron chi connectivity index (χ0n) is 10.8. The molecule has 18 heavy (non-hydrogen) atoms. The molecule has 0 atom stereocenters. The Balaban J connectivity index is 2.06. The van der Waals surface area contributed by atoms with E-state index in [-0.39, 0.29) is 5.91 Å². The van der Waals surface area contributed by atoms with Gasteiger partial charge in [-0.1, -0.05) is 6.07 Å². The van der Waals surface area contributed by atoms with Crippen molar-refractivity contribution in [2.24, 2.45) is 0 Å². The summed E-state index contributed by atoms with van der Waals surface area (Å²) in [5, 5.41) is 8.83. The highest BCUT2D eigenvalue weighted by atomic mass is 16.2. The number of amides is 1. The van der Waals surface area contributed by atoms with Gasteiger partial charge >= 0.3 is 0 Å². The number of rotatable bonds is 2. The van der Waals surface area contributed by atoms with Crippen LogP contribution in [0.15, 0.2) is 18.2 Å². The maximum Gasteiger partial charge on any atom is 0.236 e. The molecule has 0 radical (unpaired) electrons. The lowest BCUT2D eigenvalue weighted by molar-refractivity contribution is -0.134. The number of nitriles is 1. The third-order valence-electron chi connectivity index (χ3n) is 3.40. The van der Waals surface area contributed by atoms with E-state index >= 15 is 0 Å².